The molecule has 0 rings (SSSR count). The Hall–Kier alpha value is -0.790. The van der Waals surface area contributed by atoms with Crippen LogP contribution in [0.1, 0.15) is 136 Å². The van der Waals surface area contributed by atoms with Gasteiger partial charge in [0.25, 0.3) is 0 Å². The summed E-state index contributed by atoms with van der Waals surface area (Å²) in [7, 11) is 0. The number of esters is 1. The minimum absolute atomic E-state index is 0.173. The van der Waals surface area contributed by atoms with Crippen molar-refractivity contribution in [3.63, 3.8) is 0 Å². The van der Waals surface area contributed by atoms with Gasteiger partial charge in [-0.05, 0) is 25.2 Å². The molecular formula is C26H50O2. The molecule has 0 fully saturated rings. The zero-order chi connectivity index (χ0) is 20.9. The van der Waals surface area contributed by atoms with E-state index in [0.29, 0.717) is 12.2 Å². The maximum Gasteiger partial charge on any atom is 0.333 e. The van der Waals surface area contributed by atoms with E-state index in [-0.39, 0.29) is 5.97 Å². The second-order valence-electron chi connectivity index (χ2n) is 8.98. The van der Waals surface area contributed by atoms with Gasteiger partial charge in [-0.15, -0.1) is 0 Å². The summed E-state index contributed by atoms with van der Waals surface area (Å²) in [4.78, 5) is 11.9. The lowest BCUT2D eigenvalue weighted by atomic mass is 10.0. The molecule has 0 atom stereocenters. The molecule has 0 aliphatic carbocycles. The van der Waals surface area contributed by atoms with E-state index >= 15 is 0 Å². The molecule has 0 aliphatic heterocycles. The lowest BCUT2D eigenvalue weighted by molar-refractivity contribution is -0.139. The highest BCUT2D eigenvalue weighted by Gasteiger charge is 2.07. The first-order valence-corrected chi connectivity index (χ1v) is 12.4. The summed E-state index contributed by atoms with van der Waals surface area (Å²) in [6.07, 6.45) is 22.7. The predicted octanol–water partition coefficient (Wildman–Crippen LogP) is 8.78. The number of carbonyl (C=O) groups excluding carboxylic acids is 1. The van der Waals surface area contributed by atoms with Crippen LogP contribution in [0.2, 0.25) is 0 Å². The van der Waals surface area contributed by atoms with Crippen LogP contribution in [0.4, 0.5) is 0 Å². The maximum atomic E-state index is 11.9. The van der Waals surface area contributed by atoms with Gasteiger partial charge in [0, 0.05) is 5.57 Å². The van der Waals surface area contributed by atoms with Gasteiger partial charge in [0.1, 0.15) is 0 Å². The molecule has 0 bridgehead atoms. The second-order valence-corrected chi connectivity index (χ2v) is 8.98. The van der Waals surface area contributed by atoms with Gasteiger partial charge in [0.15, 0.2) is 0 Å². The quantitative estimate of drug-likeness (QED) is 0.110. The molecule has 0 amide bonds. The van der Waals surface area contributed by atoms with Crippen molar-refractivity contribution in [2.24, 2.45) is 5.92 Å². The van der Waals surface area contributed by atoms with Gasteiger partial charge in [0.05, 0.1) is 6.61 Å². The minimum Gasteiger partial charge on any atom is -0.462 e. The van der Waals surface area contributed by atoms with Crippen LogP contribution >= 0.6 is 0 Å². The van der Waals surface area contributed by atoms with E-state index in [2.05, 4.69) is 27.4 Å². The van der Waals surface area contributed by atoms with E-state index in [0.717, 1.165) is 25.2 Å². The Morgan fingerprint density at radius 2 is 1.18 bits per heavy atom. The minimum atomic E-state index is -0.173. The van der Waals surface area contributed by atoms with E-state index < -0.39 is 0 Å². The van der Waals surface area contributed by atoms with Crippen LogP contribution in [0, 0.1) is 5.92 Å². The largest absolute Gasteiger partial charge is 0.462 e. The smallest absolute Gasteiger partial charge is 0.333 e. The molecule has 0 aromatic heterocycles. The third-order valence-electron chi connectivity index (χ3n) is 5.53. The van der Waals surface area contributed by atoms with Crippen molar-refractivity contribution < 1.29 is 9.53 Å². The van der Waals surface area contributed by atoms with Gasteiger partial charge < -0.3 is 4.74 Å². The highest BCUT2D eigenvalue weighted by molar-refractivity contribution is 5.87. The molecule has 0 aromatic carbocycles. The van der Waals surface area contributed by atoms with E-state index in [4.69, 9.17) is 4.74 Å². The van der Waals surface area contributed by atoms with Crippen molar-refractivity contribution >= 4 is 5.97 Å². The summed E-state index contributed by atoms with van der Waals surface area (Å²) in [5.41, 5.74) is 0.660. The van der Waals surface area contributed by atoms with Gasteiger partial charge in [-0.3, -0.25) is 0 Å². The van der Waals surface area contributed by atoms with E-state index in [1.807, 2.05) is 0 Å². The van der Waals surface area contributed by atoms with Gasteiger partial charge >= 0.3 is 5.97 Å². The fourth-order valence-corrected chi connectivity index (χ4v) is 3.56. The van der Waals surface area contributed by atoms with Gasteiger partial charge in [-0.25, -0.2) is 4.79 Å². The molecule has 2 heteroatoms. The topological polar surface area (TPSA) is 26.3 Å². The fraction of sp³-hybridized carbons (Fsp3) is 0.885. The summed E-state index contributed by atoms with van der Waals surface area (Å²) in [6, 6.07) is 0. The number of unbranched alkanes of at least 4 members (excludes halogenated alkanes) is 14. The average molecular weight is 395 g/mol. The van der Waals surface area contributed by atoms with Crippen molar-refractivity contribution in [3.8, 4) is 0 Å². The van der Waals surface area contributed by atoms with E-state index in [1.165, 1.54) is 96.3 Å². The first kappa shape index (κ1) is 27.2. The number of hydrogen-bond donors (Lipinski definition) is 0. The second kappa shape index (κ2) is 20.9. The maximum absolute atomic E-state index is 11.9. The standard InChI is InChI=1S/C26H50O2/c1-5-6-7-8-9-14-17-20-23-28-26(27)25(4)22-19-16-13-11-10-12-15-18-21-24(2)3/h24H,4-23H2,1-3H3. The molecule has 0 saturated carbocycles. The normalized spacial score (nSPS) is 11.1. The molecular weight excluding hydrogens is 344 g/mol. The van der Waals surface area contributed by atoms with Crippen molar-refractivity contribution in [2.45, 2.75) is 136 Å². The number of ether oxygens (including phenoxy) is 1. The third-order valence-corrected chi connectivity index (χ3v) is 5.53. The molecule has 166 valence electrons. The van der Waals surface area contributed by atoms with Crippen LogP contribution in [0.3, 0.4) is 0 Å². The van der Waals surface area contributed by atoms with Crippen LogP contribution in [-0.4, -0.2) is 12.6 Å². The highest BCUT2D eigenvalue weighted by atomic mass is 16.5. The zero-order valence-electron chi connectivity index (χ0n) is 19.5. The average Bonchev–Trinajstić information content (AvgIpc) is 2.67. The highest BCUT2D eigenvalue weighted by Crippen LogP contribution is 2.15. The summed E-state index contributed by atoms with van der Waals surface area (Å²) >= 11 is 0. The predicted molar refractivity (Wildman–Crippen MR) is 124 cm³/mol. The van der Waals surface area contributed by atoms with Gasteiger partial charge in [-0.1, -0.05) is 124 Å². The third kappa shape index (κ3) is 20.0. The first-order valence-electron chi connectivity index (χ1n) is 12.4. The van der Waals surface area contributed by atoms with Crippen LogP contribution in [-0.2, 0) is 9.53 Å². The SMILES string of the molecule is C=C(CCCCCCCCCCC(C)C)C(=O)OCCCCCCCCCC. The molecule has 28 heavy (non-hydrogen) atoms. The molecule has 0 saturated heterocycles. The molecule has 2 nitrogen and oxygen atoms in total. The number of carbonyl (C=O) groups is 1. The van der Waals surface area contributed by atoms with Crippen molar-refractivity contribution in [3.05, 3.63) is 12.2 Å². The van der Waals surface area contributed by atoms with Crippen molar-refractivity contribution in [1.29, 1.82) is 0 Å². The monoisotopic (exact) mass is 394 g/mol. The molecule has 0 heterocycles. The van der Waals surface area contributed by atoms with Crippen LogP contribution < -0.4 is 0 Å². The molecule has 0 spiro atoms. The van der Waals surface area contributed by atoms with E-state index in [9.17, 15) is 4.79 Å². The number of rotatable bonds is 21. The Kier molecular flexibility index (Phi) is 20.3. The molecule has 0 aromatic rings. The van der Waals surface area contributed by atoms with Crippen LogP contribution in [0.5, 0.6) is 0 Å². The molecule has 0 radical (unpaired) electrons. The Labute approximate surface area is 176 Å². The lowest BCUT2D eigenvalue weighted by Crippen LogP contribution is -2.08. The number of hydrogen-bond acceptors (Lipinski definition) is 2. The Morgan fingerprint density at radius 1 is 0.714 bits per heavy atom. The van der Waals surface area contributed by atoms with E-state index in [1.54, 1.807) is 0 Å². The molecule has 0 N–H and O–H groups in total. The Balaban J connectivity index is 3.35. The Morgan fingerprint density at radius 3 is 1.71 bits per heavy atom. The van der Waals surface area contributed by atoms with Crippen molar-refractivity contribution in [2.75, 3.05) is 6.61 Å². The first-order chi connectivity index (χ1) is 13.6. The zero-order valence-corrected chi connectivity index (χ0v) is 19.5. The summed E-state index contributed by atoms with van der Waals surface area (Å²) in [6.45, 7) is 11.3. The summed E-state index contributed by atoms with van der Waals surface area (Å²) < 4.78 is 5.36. The molecule has 0 aliphatic rings. The van der Waals surface area contributed by atoms with Crippen LogP contribution in [0.25, 0.3) is 0 Å². The van der Waals surface area contributed by atoms with Crippen molar-refractivity contribution in [1.82, 2.24) is 0 Å². The summed E-state index contributed by atoms with van der Waals surface area (Å²) in [5, 5.41) is 0. The molecule has 0 unspecified atom stereocenters. The van der Waals surface area contributed by atoms with Gasteiger partial charge in [0.2, 0.25) is 0 Å². The van der Waals surface area contributed by atoms with Crippen LogP contribution in [0.15, 0.2) is 12.2 Å². The summed E-state index contributed by atoms with van der Waals surface area (Å²) in [5.74, 6) is 0.674. The Bertz CT molecular complexity index is 359. The fourth-order valence-electron chi connectivity index (χ4n) is 3.56. The van der Waals surface area contributed by atoms with Gasteiger partial charge in [-0.2, -0.15) is 0 Å². The lowest BCUT2D eigenvalue weighted by Gasteiger charge is -2.07.